The largest absolute Gasteiger partial charge is 0.353 e. The molecular weight excluding hydrogens is 376 g/mol. The Balaban J connectivity index is 1.49. The molecule has 0 aromatic carbocycles. The molecule has 0 saturated carbocycles. The Morgan fingerprint density at radius 2 is 2.03 bits per heavy atom. The molecule has 0 radical (unpaired) electrons. The van der Waals surface area contributed by atoms with Crippen LogP contribution in [-0.4, -0.2) is 47.8 Å². The molecule has 3 N–H and O–H groups in total. The zero-order chi connectivity index (χ0) is 20.1. The maximum atomic E-state index is 4.64. The van der Waals surface area contributed by atoms with Crippen molar-refractivity contribution in [3.8, 4) is 17.2 Å². The molecule has 5 aromatic heterocycles. The average Bonchev–Trinajstić information content (AvgIpc) is 3.51. The fraction of sp³-hybridized carbons (Fsp3) is 0.182. The smallest absolute Gasteiger partial charge is 0.147 e. The number of H-pyrrole nitrogens is 2. The Bertz CT molecular complexity index is 1420. The number of hydrogen-bond donors (Lipinski definition) is 3. The van der Waals surface area contributed by atoms with Crippen molar-refractivity contribution in [2.75, 3.05) is 13.1 Å². The van der Waals surface area contributed by atoms with E-state index in [1.807, 2.05) is 36.1 Å². The van der Waals surface area contributed by atoms with Crippen molar-refractivity contribution < 1.29 is 0 Å². The Hall–Kier alpha value is -3.78. The van der Waals surface area contributed by atoms with Gasteiger partial charge in [0, 0.05) is 29.7 Å². The van der Waals surface area contributed by atoms with Gasteiger partial charge in [-0.1, -0.05) is 6.08 Å². The summed E-state index contributed by atoms with van der Waals surface area (Å²) in [6, 6.07) is 6.22. The number of pyridine rings is 2. The molecule has 30 heavy (non-hydrogen) atoms. The number of aromatic nitrogens is 7. The zero-order valence-corrected chi connectivity index (χ0v) is 16.5. The van der Waals surface area contributed by atoms with Crippen molar-refractivity contribution >= 4 is 27.4 Å². The van der Waals surface area contributed by atoms with Gasteiger partial charge in [0.05, 0.1) is 34.3 Å². The van der Waals surface area contributed by atoms with Gasteiger partial charge in [0.25, 0.3) is 0 Å². The first-order valence-electron chi connectivity index (χ1n) is 9.99. The Morgan fingerprint density at radius 3 is 2.87 bits per heavy atom. The number of aryl methyl sites for hydroxylation is 1. The van der Waals surface area contributed by atoms with Crippen molar-refractivity contribution in [3.63, 3.8) is 0 Å². The van der Waals surface area contributed by atoms with Crippen LogP contribution in [0.25, 0.3) is 44.6 Å². The Kier molecular flexibility index (Phi) is 3.78. The van der Waals surface area contributed by atoms with Gasteiger partial charge in [-0.3, -0.25) is 14.6 Å². The van der Waals surface area contributed by atoms with Crippen molar-refractivity contribution in [2.24, 2.45) is 0 Å². The van der Waals surface area contributed by atoms with E-state index in [9.17, 15) is 0 Å². The molecule has 1 aliphatic rings. The summed E-state index contributed by atoms with van der Waals surface area (Å²) < 4.78 is 1.95. The summed E-state index contributed by atoms with van der Waals surface area (Å²) in [5.41, 5.74) is 7.00. The summed E-state index contributed by atoms with van der Waals surface area (Å²) in [4.78, 5) is 17.0. The van der Waals surface area contributed by atoms with Crippen LogP contribution in [-0.2, 0) is 0 Å². The Morgan fingerprint density at radius 1 is 1.07 bits per heavy atom. The van der Waals surface area contributed by atoms with E-state index in [1.54, 1.807) is 6.33 Å². The Labute approximate surface area is 172 Å². The lowest BCUT2D eigenvalue weighted by molar-refractivity contribution is 0.737. The number of imidazole rings is 1. The third-order valence-electron chi connectivity index (χ3n) is 5.58. The van der Waals surface area contributed by atoms with Crippen LogP contribution in [0, 0.1) is 6.92 Å². The number of aromatic amines is 2. The van der Waals surface area contributed by atoms with Crippen LogP contribution >= 0.6 is 0 Å². The topological polar surface area (TPSA) is 100 Å². The van der Waals surface area contributed by atoms with E-state index in [1.165, 1.54) is 5.57 Å². The average molecular weight is 396 g/mol. The summed E-state index contributed by atoms with van der Waals surface area (Å²) in [5.74, 6) is 0.845. The molecule has 8 nitrogen and oxygen atoms in total. The molecule has 8 heteroatoms. The summed E-state index contributed by atoms with van der Waals surface area (Å²) in [7, 11) is 0. The fourth-order valence-electron chi connectivity index (χ4n) is 4.06. The minimum atomic E-state index is 0.845. The van der Waals surface area contributed by atoms with E-state index in [4.69, 9.17) is 0 Å². The van der Waals surface area contributed by atoms with Gasteiger partial charge in [-0.05, 0) is 43.7 Å². The number of fused-ring (bicyclic) bond motifs is 2. The van der Waals surface area contributed by atoms with Crippen LogP contribution in [0.15, 0.2) is 49.2 Å². The van der Waals surface area contributed by atoms with Crippen LogP contribution < -0.4 is 5.32 Å². The zero-order valence-electron chi connectivity index (χ0n) is 16.5. The quantitative estimate of drug-likeness (QED) is 0.434. The lowest BCUT2D eigenvalue weighted by atomic mass is 10.0. The second kappa shape index (κ2) is 6.64. The molecular formula is C22H20N8. The van der Waals surface area contributed by atoms with Gasteiger partial charge in [-0.2, -0.15) is 5.10 Å². The minimum absolute atomic E-state index is 0.845. The maximum Gasteiger partial charge on any atom is 0.147 e. The van der Waals surface area contributed by atoms with Crippen molar-refractivity contribution in [2.45, 2.75) is 13.3 Å². The predicted octanol–water partition coefficient (Wildman–Crippen LogP) is 3.37. The molecule has 0 amide bonds. The molecule has 1 aliphatic heterocycles. The van der Waals surface area contributed by atoms with Gasteiger partial charge in [0.15, 0.2) is 0 Å². The molecule has 6 heterocycles. The van der Waals surface area contributed by atoms with Gasteiger partial charge in [0.2, 0.25) is 0 Å². The van der Waals surface area contributed by atoms with Crippen LogP contribution in [0.3, 0.4) is 0 Å². The van der Waals surface area contributed by atoms with Gasteiger partial charge >= 0.3 is 0 Å². The molecule has 0 fully saturated rings. The first-order valence-corrected chi connectivity index (χ1v) is 9.99. The molecule has 0 aliphatic carbocycles. The highest BCUT2D eigenvalue weighted by Crippen LogP contribution is 2.32. The third-order valence-corrected chi connectivity index (χ3v) is 5.58. The number of rotatable bonds is 3. The number of nitrogens with zero attached hydrogens (tertiary/aromatic N) is 5. The summed E-state index contributed by atoms with van der Waals surface area (Å²) in [6.07, 6.45) is 10.6. The van der Waals surface area contributed by atoms with E-state index in [-0.39, 0.29) is 0 Å². The highest BCUT2D eigenvalue weighted by atomic mass is 15.1. The van der Waals surface area contributed by atoms with E-state index in [2.05, 4.69) is 53.7 Å². The normalized spacial score (nSPS) is 14.5. The van der Waals surface area contributed by atoms with Crippen molar-refractivity contribution in [3.05, 3.63) is 60.6 Å². The van der Waals surface area contributed by atoms with Gasteiger partial charge < -0.3 is 10.3 Å². The minimum Gasteiger partial charge on any atom is -0.353 e. The van der Waals surface area contributed by atoms with Gasteiger partial charge in [-0.15, -0.1) is 0 Å². The number of nitrogens with one attached hydrogen (secondary N) is 3. The maximum absolute atomic E-state index is 4.64. The highest BCUT2D eigenvalue weighted by molar-refractivity contribution is 5.97. The predicted molar refractivity (Wildman–Crippen MR) is 116 cm³/mol. The van der Waals surface area contributed by atoms with Gasteiger partial charge in [0.1, 0.15) is 17.8 Å². The molecule has 0 unspecified atom stereocenters. The second-order valence-corrected chi connectivity index (χ2v) is 7.57. The van der Waals surface area contributed by atoms with E-state index >= 15 is 0 Å². The molecule has 148 valence electrons. The van der Waals surface area contributed by atoms with Crippen molar-refractivity contribution in [1.82, 2.24) is 40.0 Å². The van der Waals surface area contributed by atoms with Crippen LogP contribution in [0.5, 0.6) is 0 Å². The van der Waals surface area contributed by atoms with E-state index in [0.717, 1.165) is 69.9 Å². The summed E-state index contributed by atoms with van der Waals surface area (Å²) in [6.45, 7) is 3.84. The molecule has 0 bridgehead atoms. The number of hydrogen-bond acceptors (Lipinski definition) is 5. The monoisotopic (exact) mass is 396 g/mol. The lowest BCUT2D eigenvalue weighted by Gasteiger charge is -2.13. The first kappa shape index (κ1) is 17.1. The van der Waals surface area contributed by atoms with E-state index in [0.29, 0.717) is 0 Å². The molecule has 6 rings (SSSR count). The second-order valence-electron chi connectivity index (χ2n) is 7.57. The standard InChI is InChI=1S/C22H20N8/c1-13-11-30(12-26-13)22-16-9-19(27-17(16)4-7-24-22)21-15-8-18(14-2-5-23-6-3-14)25-10-20(15)28-29-21/h2,4,7-12,23,27H,3,5-6H2,1H3,(H,28,29). The van der Waals surface area contributed by atoms with E-state index < -0.39 is 0 Å². The summed E-state index contributed by atoms with van der Waals surface area (Å²) in [5, 5.41) is 13.1. The first-order chi connectivity index (χ1) is 14.8. The fourth-order valence-corrected chi connectivity index (χ4v) is 4.06. The highest BCUT2D eigenvalue weighted by Gasteiger charge is 2.16. The van der Waals surface area contributed by atoms with Crippen LogP contribution in [0.1, 0.15) is 17.8 Å². The summed E-state index contributed by atoms with van der Waals surface area (Å²) >= 11 is 0. The molecule has 5 aromatic rings. The van der Waals surface area contributed by atoms with Crippen LogP contribution in [0.2, 0.25) is 0 Å². The van der Waals surface area contributed by atoms with Crippen LogP contribution in [0.4, 0.5) is 0 Å². The molecule has 0 atom stereocenters. The molecule has 0 spiro atoms. The van der Waals surface area contributed by atoms with Crippen molar-refractivity contribution in [1.29, 1.82) is 0 Å². The SMILES string of the molecule is Cc1cn(-c2nccc3[nH]c(-c4n[nH]c5cnc(C6=CCNCC6)cc45)cc23)cn1. The lowest BCUT2D eigenvalue weighted by Crippen LogP contribution is -2.20. The third kappa shape index (κ3) is 2.73. The molecule has 0 saturated heterocycles. The van der Waals surface area contributed by atoms with Gasteiger partial charge in [-0.25, -0.2) is 9.97 Å².